The second kappa shape index (κ2) is 4.15. The minimum absolute atomic E-state index is 0.926. The van der Waals surface area contributed by atoms with Gasteiger partial charge in [-0.3, -0.25) is 0 Å². The average Bonchev–Trinajstić information content (AvgIpc) is 2.98. The highest BCUT2D eigenvalue weighted by Gasteiger charge is 2.20. The van der Waals surface area contributed by atoms with Crippen LogP contribution in [0.5, 0.6) is 0 Å². The second-order valence-electron chi connectivity index (χ2n) is 4.60. The van der Waals surface area contributed by atoms with E-state index in [0.29, 0.717) is 0 Å². The van der Waals surface area contributed by atoms with Crippen molar-refractivity contribution in [2.24, 2.45) is 5.92 Å². The predicted octanol–water partition coefficient (Wildman–Crippen LogP) is 3.10. The maximum Gasteiger partial charge on any atom is 0.108 e. The van der Waals surface area contributed by atoms with Crippen molar-refractivity contribution < 1.29 is 0 Å². The lowest BCUT2D eigenvalue weighted by Gasteiger charge is -1.98. The van der Waals surface area contributed by atoms with Gasteiger partial charge in [0.25, 0.3) is 0 Å². The summed E-state index contributed by atoms with van der Waals surface area (Å²) in [5, 5.41) is 4.70. The molecular formula is C13H16N2S. The van der Waals surface area contributed by atoms with Crippen LogP contribution >= 0.6 is 11.3 Å². The summed E-state index contributed by atoms with van der Waals surface area (Å²) in [5.74, 6) is 0.941. The number of aryl methyl sites for hydroxylation is 1. The summed E-state index contributed by atoms with van der Waals surface area (Å²) in [6.45, 7) is 4.22. The van der Waals surface area contributed by atoms with Gasteiger partial charge >= 0.3 is 0 Å². The summed E-state index contributed by atoms with van der Waals surface area (Å²) in [5.41, 5.74) is 2.46. The number of nitrogens with zero attached hydrogens (tertiary/aromatic N) is 1. The van der Waals surface area contributed by atoms with Crippen molar-refractivity contribution in [1.82, 2.24) is 10.3 Å². The highest BCUT2D eigenvalue weighted by Crippen LogP contribution is 2.28. The maximum atomic E-state index is 4.69. The van der Waals surface area contributed by atoms with Gasteiger partial charge in [-0.15, -0.1) is 11.3 Å². The molecule has 0 amide bonds. The Morgan fingerprint density at radius 2 is 2.31 bits per heavy atom. The van der Waals surface area contributed by atoms with Gasteiger partial charge in [0.2, 0.25) is 0 Å². The van der Waals surface area contributed by atoms with Gasteiger partial charge in [-0.2, -0.15) is 0 Å². The molecule has 0 aliphatic heterocycles. The molecule has 1 aliphatic rings. The fraction of sp³-hybridized carbons (Fsp3) is 0.462. The predicted molar refractivity (Wildman–Crippen MR) is 68.8 cm³/mol. The van der Waals surface area contributed by atoms with E-state index >= 15 is 0 Å². The Morgan fingerprint density at radius 1 is 1.44 bits per heavy atom. The highest BCUT2D eigenvalue weighted by molar-refractivity contribution is 7.18. The standard InChI is InChI=1S/C13H16N2S/c1-9-3-2-4-11-13(9)15-12(16-11)8-14-7-10-5-6-10/h2-4,10,14H,5-8H2,1H3. The summed E-state index contributed by atoms with van der Waals surface area (Å²) in [6.07, 6.45) is 2.82. The Kier molecular flexibility index (Phi) is 2.65. The van der Waals surface area contributed by atoms with Crippen LogP contribution in [0.15, 0.2) is 18.2 Å². The van der Waals surface area contributed by atoms with Crippen LogP contribution < -0.4 is 5.32 Å². The van der Waals surface area contributed by atoms with Gasteiger partial charge in [-0.25, -0.2) is 4.98 Å². The Morgan fingerprint density at radius 3 is 3.06 bits per heavy atom. The summed E-state index contributed by atoms with van der Waals surface area (Å²) >= 11 is 1.81. The molecule has 2 nitrogen and oxygen atoms in total. The van der Waals surface area contributed by atoms with E-state index in [1.165, 1.54) is 33.6 Å². The summed E-state index contributed by atoms with van der Waals surface area (Å²) in [7, 11) is 0. The smallest absolute Gasteiger partial charge is 0.108 e. The third-order valence-electron chi connectivity index (χ3n) is 3.07. The van der Waals surface area contributed by atoms with Crippen LogP contribution in [0.2, 0.25) is 0 Å². The third kappa shape index (κ3) is 2.11. The van der Waals surface area contributed by atoms with Gasteiger partial charge in [-0.05, 0) is 43.9 Å². The van der Waals surface area contributed by atoms with E-state index in [-0.39, 0.29) is 0 Å². The molecule has 1 aliphatic carbocycles. The lowest BCUT2D eigenvalue weighted by atomic mass is 10.2. The van der Waals surface area contributed by atoms with Gasteiger partial charge in [0, 0.05) is 6.54 Å². The maximum absolute atomic E-state index is 4.69. The molecule has 84 valence electrons. The van der Waals surface area contributed by atoms with E-state index in [0.717, 1.165) is 19.0 Å². The molecule has 1 aromatic heterocycles. The SMILES string of the molecule is Cc1cccc2sc(CNCC3CC3)nc12. The first-order chi connectivity index (χ1) is 7.83. The van der Waals surface area contributed by atoms with Gasteiger partial charge in [0.05, 0.1) is 10.2 Å². The number of benzene rings is 1. The van der Waals surface area contributed by atoms with Gasteiger partial charge in [0.15, 0.2) is 0 Å². The molecule has 0 saturated heterocycles. The van der Waals surface area contributed by atoms with E-state index in [4.69, 9.17) is 0 Å². The average molecular weight is 232 g/mol. The fourth-order valence-corrected chi connectivity index (χ4v) is 2.93. The quantitative estimate of drug-likeness (QED) is 0.876. The van der Waals surface area contributed by atoms with Crippen molar-refractivity contribution in [3.63, 3.8) is 0 Å². The molecular weight excluding hydrogens is 216 g/mol. The second-order valence-corrected chi connectivity index (χ2v) is 5.72. The first-order valence-electron chi connectivity index (χ1n) is 5.88. The zero-order valence-corrected chi connectivity index (χ0v) is 10.3. The van der Waals surface area contributed by atoms with Crippen molar-refractivity contribution >= 4 is 21.6 Å². The van der Waals surface area contributed by atoms with Crippen LogP contribution in [-0.2, 0) is 6.54 Å². The zero-order chi connectivity index (χ0) is 11.0. The molecule has 3 heteroatoms. The first kappa shape index (κ1) is 10.2. The van der Waals surface area contributed by atoms with Crippen molar-refractivity contribution in [3.8, 4) is 0 Å². The van der Waals surface area contributed by atoms with Crippen molar-refractivity contribution in [1.29, 1.82) is 0 Å². The number of rotatable bonds is 4. The van der Waals surface area contributed by atoms with Gasteiger partial charge in [0.1, 0.15) is 5.01 Å². The van der Waals surface area contributed by atoms with E-state index < -0.39 is 0 Å². The van der Waals surface area contributed by atoms with Crippen LogP contribution in [0.1, 0.15) is 23.4 Å². The van der Waals surface area contributed by atoms with Gasteiger partial charge < -0.3 is 5.32 Å². The molecule has 0 atom stereocenters. The first-order valence-corrected chi connectivity index (χ1v) is 6.70. The Balaban J connectivity index is 1.73. The summed E-state index contributed by atoms with van der Waals surface area (Å²) < 4.78 is 1.31. The number of hydrogen-bond donors (Lipinski definition) is 1. The molecule has 1 heterocycles. The van der Waals surface area contributed by atoms with Gasteiger partial charge in [-0.1, -0.05) is 12.1 Å². The highest BCUT2D eigenvalue weighted by atomic mass is 32.1. The topological polar surface area (TPSA) is 24.9 Å². The fourth-order valence-electron chi connectivity index (χ4n) is 1.91. The molecule has 1 N–H and O–H groups in total. The molecule has 0 radical (unpaired) electrons. The molecule has 1 saturated carbocycles. The molecule has 0 spiro atoms. The Labute approximate surface area is 99.7 Å². The Bertz CT molecular complexity index is 500. The van der Waals surface area contributed by atoms with Crippen LogP contribution in [0, 0.1) is 12.8 Å². The monoisotopic (exact) mass is 232 g/mol. The molecule has 3 rings (SSSR count). The largest absolute Gasteiger partial charge is 0.310 e. The third-order valence-corrected chi connectivity index (χ3v) is 4.09. The van der Waals surface area contributed by atoms with Crippen LogP contribution in [-0.4, -0.2) is 11.5 Å². The molecule has 1 fully saturated rings. The normalized spacial score (nSPS) is 15.8. The van der Waals surface area contributed by atoms with E-state index in [2.05, 4.69) is 35.4 Å². The summed E-state index contributed by atoms with van der Waals surface area (Å²) in [4.78, 5) is 4.69. The van der Waals surface area contributed by atoms with Crippen molar-refractivity contribution in [2.75, 3.05) is 6.54 Å². The number of aromatic nitrogens is 1. The van der Waals surface area contributed by atoms with E-state index in [1.807, 2.05) is 11.3 Å². The molecule has 16 heavy (non-hydrogen) atoms. The molecule has 2 aromatic rings. The Hall–Kier alpha value is -0.930. The number of fused-ring (bicyclic) bond motifs is 1. The number of hydrogen-bond acceptors (Lipinski definition) is 3. The van der Waals surface area contributed by atoms with E-state index in [1.54, 1.807) is 0 Å². The van der Waals surface area contributed by atoms with Crippen LogP contribution in [0.25, 0.3) is 10.2 Å². The lowest BCUT2D eigenvalue weighted by molar-refractivity contribution is 0.637. The molecule has 0 bridgehead atoms. The van der Waals surface area contributed by atoms with E-state index in [9.17, 15) is 0 Å². The minimum atomic E-state index is 0.926. The van der Waals surface area contributed by atoms with Crippen LogP contribution in [0.3, 0.4) is 0 Å². The van der Waals surface area contributed by atoms with Crippen molar-refractivity contribution in [3.05, 3.63) is 28.8 Å². The van der Waals surface area contributed by atoms with Crippen molar-refractivity contribution in [2.45, 2.75) is 26.3 Å². The summed E-state index contributed by atoms with van der Waals surface area (Å²) in [6, 6.07) is 6.39. The number of thiazole rings is 1. The van der Waals surface area contributed by atoms with Crippen LogP contribution in [0.4, 0.5) is 0 Å². The zero-order valence-electron chi connectivity index (χ0n) is 9.49. The number of para-hydroxylation sites is 1. The molecule has 0 unspecified atom stereocenters. The lowest BCUT2D eigenvalue weighted by Crippen LogP contribution is -2.15. The minimum Gasteiger partial charge on any atom is -0.310 e. The molecule has 1 aromatic carbocycles. The number of nitrogens with one attached hydrogen (secondary N) is 1.